The van der Waals surface area contributed by atoms with E-state index < -0.39 is 0 Å². The number of hydrogen-bond acceptors (Lipinski definition) is 4. The Morgan fingerprint density at radius 2 is 1.97 bits per heavy atom. The van der Waals surface area contributed by atoms with Gasteiger partial charge in [-0.25, -0.2) is 4.98 Å². The van der Waals surface area contributed by atoms with Gasteiger partial charge in [0.05, 0.1) is 28.9 Å². The smallest absolute Gasteiger partial charge is 0.259 e. The van der Waals surface area contributed by atoms with E-state index in [0.717, 1.165) is 51.1 Å². The van der Waals surface area contributed by atoms with Gasteiger partial charge in [-0.15, -0.1) is 0 Å². The van der Waals surface area contributed by atoms with E-state index in [0.29, 0.717) is 18.0 Å². The van der Waals surface area contributed by atoms with E-state index in [9.17, 15) is 4.79 Å². The number of pyridine rings is 2. The minimum atomic E-state index is -0.0709. The van der Waals surface area contributed by atoms with Crippen LogP contribution in [-0.4, -0.2) is 25.7 Å². The molecule has 0 N–H and O–H groups in total. The fourth-order valence-corrected chi connectivity index (χ4v) is 4.19. The molecule has 0 aliphatic heterocycles. The third-order valence-corrected chi connectivity index (χ3v) is 6.17. The van der Waals surface area contributed by atoms with Gasteiger partial charge in [-0.05, 0) is 62.2 Å². The van der Waals surface area contributed by atoms with Crippen molar-refractivity contribution in [1.82, 2.24) is 19.7 Å². The van der Waals surface area contributed by atoms with Crippen LogP contribution in [0.3, 0.4) is 0 Å². The van der Waals surface area contributed by atoms with Gasteiger partial charge in [-0.2, -0.15) is 5.10 Å². The van der Waals surface area contributed by atoms with Gasteiger partial charge < -0.3 is 4.90 Å². The lowest BCUT2D eigenvalue weighted by molar-refractivity contribution is 0.0986. The number of fused-ring (bicyclic) bond motifs is 1. The molecule has 0 bridgehead atoms. The Morgan fingerprint density at radius 3 is 2.65 bits per heavy atom. The minimum absolute atomic E-state index is 0.0709. The fourth-order valence-electron chi connectivity index (χ4n) is 3.92. The third kappa shape index (κ3) is 3.85. The van der Waals surface area contributed by atoms with Gasteiger partial charge in [-0.1, -0.05) is 22.0 Å². The van der Waals surface area contributed by atoms with E-state index in [1.807, 2.05) is 62.5 Å². The predicted molar refractivity (Wildman–Crippen MR) is 124 cm³/mol. The van der Waals surface area contributed by atoms with Gasteiger partial charge in [0.1, 0.15) is 0 Å². The molecule has 0 radical (unpaired) electrons. The van der Waals surface area contributed by atoms with Crippen LogP contribution >= 0.6 is 15.9 Å². The summed E-state index contributed by atoms with van der Waals surface area (Å²) in [6, 6.07) is 15.5. The summed E-state index contributed by atoms with van der Waals surface area (Å²) in [5.74, 6) is 0.362. The van der Waals surface area contributed by atoms with Crippen molar-refractivity contribution in [2.75, 3.05) is 4.90 Å². The Labute approximate surface area is 189 Å². The highest BCUT2D eigenvalue weighted by Gasteiger charge is 2.30. The number of rotatable bonds is 5. The van der Waals surface area contributed by atoms with E-state index in [4.69, 9.17) is 4.98 Å². The Kier molecular flexibility index (Phi) is 5.06. The molecule has 1 fully saturated rings. The van der Waals surface area contributed by atoms with Gasteiger partial charge in [0.25, 0.3) is 5.91 Å². The first-order valence-electron chi connectivity index (χ1n) is 10.3. The first-order valence-corrected chi connectivity index (χ1v) is 11.1. The van der Waals surface area contributed by atoms with Crippen molar-refractivity contribution in [2.24, 2.45) is 7.05 Å². The van der Waals surface area contributed by atoms with Crippen molar-refractivity contribution in [2.45, 2.75) is 32.2 Å². The number of amides is 1. The Morgan fingerprint density at radius 1 is 1.19 bits per heavy atom. The average Bonchev–Trinajstić information content (AvgIpc) is 3.59. The molecule has 0 unspecified atom stereocenters. The number of aromatic nitrogens is 4. The summed E-state index contributed by atoms with van der Waals surface area (Å²) in [5, 5.41) is 5.37. The van der Waals surface area contributed by atoms with E-state index in [2.05, 4.69) is 26.0 Å². The molecule has 7 heteroatoms. The third-order valence-electron chi connectivity index (χ3n) is 5.64. The van der Waals surface area contributed by atoms with Crippen LogP contribution < -0.4 is 4.90 Å². The number of carbonyl (C=O) groups is 1. The molecule has 0 spiro atoms. The van der Waals surface area contributed by atoms with Gasteiger partial charge in [-0.3, -0.25) is 14.5 Å². The van der Waals surface area contributed by atoms with Gasteiger partial charge in [0.2, 0.25) is 0 Å². The maximum Gasteiger partial charge on any atom is 0.259 e. The van der Waals surface area contributed by atoms with Crippen LogP contribution in [0.15, 0.2) is 59.2 Å². The first kappa shape index (κ1) is 19.9. The Balaban J connectivity index is 1.65. The van der Waals surface area contributed by atoms with E-state index >= 15 is 0 Å². The molecule has 31 heavy (non-hydrogen) atoms. The largest absolute Gasteiger partial charge is 0.302 e. The van der Waals surface area contributed by atoms with E-state index in [-0.39, 0.29) is 5.91 Å². The zero-order valence-corrected chi connectivity index (χ0v) is 19.0. The number of carbonyl (C=O) groups excluding carboxylic acids is 1. The van der Waals surface area contributed by atoms with Crippen molar-refractivity contribution in [3.05, 3.63) is 81.8 Å². The molecule has 0 saturated heterocycles. The second-order valence-electron chi connectivity index (χ2n) is 7.97. The Hall–Kier alpha value is -3.06. The number of halogens is 1. The Bertz CT molecular complexity index is 1260. The summed E-state index contributed by atoms with van der Waals surface area (Å²) in [4.78, 5) is 25.1. The van der Waals surface area contributed by atoms with Crippen LogP contribution in [0, 0.1) is 6.92 Å². The molecule has 156 valence electrons. The lowest BCUT2D eigenvalue weighted by Crippen LogP contribution is -2.31. The summed E-state index contributed by atoms with van der Waals surface area (Å²) in [6.45, 7) is 2.31. The monoisotopic (exact) mass is 475 g/mol. The zero-order valence-electron chi connectivity index (χ0n) is 17.4. The highest BCUT2D eigenvalue weighted by molar-refractivity contribution is 9.10. The van der Waals surface area contributed by atoms with Gasteiger partial charge >= 0.3 is 0 Å². The van der Waals surface area contributed by atoms with Crippen LogP contribution in [0.5, 0.6) is 0 Å². The maximum atomic E-state index is 14.0. The van der Waals surface area contributed by atoms with Crippen LogP contribution in [0.2, 0.25) is 0 Å². The minimum Gasteiger partial charge on any atom is -0.302 e. The summed E-state index contributed by atoms with van der Waals surface area (Å²) in [5.41, 5.74) is 4.85. The predicted octanol–water partition coefficient (Wildman–Crippen LogP) is 5.16. The van der Waals surface area contributed by atoms with Crippen molar-refractivity contribution in [3.8, 4) is 0 Å². The lowest BCUT2D eigenvalue weighted by atomic mass is 10.1. The van der Waals surface area contributed by atoms with E-state index in [1.165, 1.54) is 0 Å². The SMILES string of the molecule is Cc1nn(C)c2nc(C3CC3)cc(C(=O)N(Cc3ccccn3)c3ccc(Br)cc3)c12. The van der Waals surface area contributed by atoms with Crippen molar-refractivity contribution < 1.29 is 4.79 Å². The number of aryl methyl sites for hydroxylation is 2. The molecule has 0 atom stereocenters. The van der Waals surface area contributed by atoms with E-state index in [1.54, 1.807) is 15.8 Å². The van der Waals surface area contributed by atoms with Crippen LogP contribution in [0.25, 0.3) is 11.0 Å². The summed E-state index contributed by atoms with van der Waals surface area (Å²) < 4.78 is 2.74. The van der Waals surface area contributed by atoms with Crippen LogP contribution in [0.4, 0.5) is 5.69 Å². The molecule has 1 aromatic carbocycles. The number of nitrogens with zero attached hydrogens (tertiary/aromatic N) is 5. The molecule has 6 nitrogen and oxygen atoms in total. The molecule has 1 amide bonds. The molecule has 1 aliphatic rings. The number of hydrogen-bond donors (Lipinski definition) is 0. The quantitative estimate of drug-likeness (QED) is 0.399. The van der Waals surface area contributed by atoms with Crippen molar-refractivity contribution in [3.63, 3.8) is 0 Å². The van der Waals surface area contributed by atoms with Gasteiger partial charge in [0, 0.05) is 35.0 Å². The molecule has 1 aliphatic carbocycles. The maximum absolute atomic E-state index is 14.0. The highest BCUT2D eigenvalue weighted by atomic mass is 79.9. The standard InChI is InChI=1S/C24H22BrN5O/c1-15-22-20(13-21(16-6-7-16)27-23(22)29(2)28-15)24(31)30(14-18-5-3-4-12-26-18)19-10-8-17(25)9-11-19/h3-5,8-13,16H,6-7,14H2,1-2H3. The normalized spacial score (nSPS) is 13.5. The molecule has 4 aromatic rings. The number of benzene rings is 1. The van der Waals surface area contributed by atoms with Crippen molar-refractivity contribution >= 4 is 38.6 Å². The zero-order chi connectivity index (χ0) is 21.5. The lowest BCUT2D eigenvalue weighted by Gasteiger charge is -2.23. The molecule has 3 aromatic heterocycles. The topological polar surface area (TPSA) is 63.9 Å². The highest BCUT2D eigenvalue weighted by Crippen LogP contribution is 2.40. The summed E-state index contributed by atoms with van der Waals surface area (Å²) >= 11 is 3.49. The van der Waals surface area contributed by atoms with Crippen LogP contribution in [-0.2, 0) is 13.6 Å². The molecule has 3 heterocycles. The first-order chi connectivity index (χ1) is 15.0. The second kappa shape index (κ2) is 7.89. The molecular formula is C24H22BrN5O. The summed E-state index contributed by atoms with van der Waals surface area (Å²) in [7, 11) is 1.88. The second-order valence-corrected chi connectivity index (χ2v) is 8.88. The summed E-state index contributed by atoms with van der Waals surface area (Å²) in [6.07, 6.45) is 3.99. The van der Waals surface area contributed by atoms with Crippen LogP contribution in [0.1, 0.15) is 46.2 Å². The molecule has 1 saturated carbocycles. The average molecular weight is 476 g/mol. The molecular weight excluding hydrogens is 454 g/mol. The van der Waals surface area contributed by atoms with Crippen molar-refractivity contribution in [1.29, 1.82) is 0 Å². The fraction of sp³-hybridized carbons (Fsp3) is 0.250. The molecule has 5 rings (SSSR count). The van der Waals surface area contributed by atoms with Gasteiger partial charge in [0.15, 0.2) is 5.65 Å². The number of anilines is 1.